The summed E-state index contributed by atoms with van der Waals surface area (Å²) in [6.45, 7) is 1.83. The van der Waals surface area contributed by atoms with Crippen LogP contribution in [0.2, 0.25) is 0 Å². The average Bonchev–Trinajstić information content (AvgIpc) is 2.72. The van der Waals surface area contributed by atoms with Gasteiger partial charge in [0.05, 0.1) is 6.42 Å². The molecule has 0 unspecified atom stereocenters. The lowest BCUT2D eigenvalue weighted by molar-refractivity contribution is -0.137. The van der Waals surface area contributed by atoms with Crippen molar-refractivity contribution in [3.05, 3.63) is 20.2 Å². The van der Waals surface area contributed by atoms with E-state index in [9.17, 15) is 9.59 Å². The minimum atomic E-state index is -0.789. The summed E-state index contributed by atoms with van der Waals surface area (Å²) >= 11 is 1.15. The molecule has 4 nitrogen and oxygen atoms in total. The monoisotopic (exact) mass is 213 g/mol. The summed E-state index contributed by atoms with van der Waals surface area (Å²) in [4.78, 5) is 25.3. The normalized spacial score (nSPS) is 18.1. The maximum atomic E-state index is 11.1. The number of aliphatic carboxylic acids is 1. The van der Waals surface area contributed by atoms with Crippen LogP contribution < -0.4 is 4.87 Å². The predicted molar refractivity (Wildman–Crippen MR) is 52.8 cm³/mol. The van der Waals surface area contributed by atoms with Gasteiger partial charge in [-0.3, -0.25) is 9.59 Å². The smallest absolute Gasteiger partial charge is 0.304 e. The summed E-state index contributed by atoms with van der Waals surface area (Å²) in [7, 11) is 0. The first-order valence-electron chi connectivity index (χ1n) is 4.45. The second-order valence-corrected chi connectivity index (χ2v) is 4.80. The molecule has 14 heavy (non-hydrogen) atoms. The quantitative estimate of drug-likeness (QED) is 0.793. The number of hydrogen-bond donors (Lipinski definition) is 2. The number of carbonyl (C=O) groups is 1. The van der Waals surface area contributed by atoms with E-state index in [1.807, 2.05) is 6.92 Å². The molecule has 0 aromatic carbocycles. The summed E-state index contributed by atoms with van der Waals surface area (Å²) in [6.07, 6.45) is 1.91. The van der Waals surface area contributed by atoms with Crippen molar-refractivity contribution < 1.29 is 9.90 Å². The topological polar surface area (TPSA) is 70.2 Å². The highest BCUT2D eigenvalue weighted by molar-refractivity contribution is 7.09. The molecule has 2 rings (SSSR count). The fraction of sp³-hybridized carbons (Fsp3) is 0.556. The van der Waals surface area contributed by atoms with E-state index in [1.54, 1.807) is 0 Å². The van der Waals surface area contributed by atoms with E-state index in [0.717, 1.165) is 34.7 Å². The van der Waals surface area contributed by atoms with Crippen molar-refractivity contribution in [2.24, 2.45) is 0 Å². The molecule has 1 aliphatic rings. The van der Waals surface area contributed by atoms with Gasteiger partial charge in [-0.2, -0.15) is 0 Å². The van der Waals surface area contributed by atoms with E-state index in [2.05, 4.69) is 4.98 Å². The van der Waals surface area contributed by atoms with Gasteiger partial charge in [-0.25, -0.2) is 0 Å². The fourth-order valence-electron chi connectivity index (χ4n) is 1.84. The Morgan fingerprint density at radius 2 is 2.29 bits per heavy atom. The van der Waals surface area contributed by atoms with Gasteiger partial charge in [-0.1, -0.05) is 11.3 Å². The number of rotatable bonds is 3. The highest BCUT2D eigenvalue weighted by Gasteiger charge is 2.48. The van der Waals surface area contributed by atoms with Crippen molar-refractivity contribution in [3.8, 4) is 0 Å². The third kappa shape index (κ3) is 1.48. The summed E-state index contributed by atoms with van der Waals surface area (Å²) in [5, 5.41) is 8.76. The van der Waals surface area contributed by atoms with Crippen LogP contribution in [0.5, 0.6) is 0 Å². The Kier molecular flexibility index (Phi) is 1.99. The van der Waals surface area contributed by atoms with Crippen LogP contribution in [0.25, 0.3) is 0 Å². The van der Waals surface area contributed by atoms with Gasteiger partial charge in [0.2, 0.25) is 0 Å². The van der Waals surface area contributed by atoms with Crippen LogP contribution >= 0.6 is 11.3 Å². The van der Waals surface area contributed by atoms with Crippen molar-refractivity contribution in [2.45, 2.75) is 31.6 Å². The SMILES string of the molecule is Cc1[nH]c(=O)sc1C1(CC(=O)O)CC1. The van der Waals surface area contributed by atoms with Crippen molar-refractivity contribution >= 4 is 17.3 Å². The summed E-state index contributed by atoms with van der Waals surface area (Å²) in [5.74, 6) is -0.789. The molecule has 1 aliphatic carbocycles. The van der Waals surface area contributed by atoms with Crippen LogP contribution in [-0.4, -0.2) is 16.1 Å². The van der Waals surface area contributed by atoms with E-state index in [-0.39, 0.29) is 16.7 Å². The summed E-state index contributed by atoms with van der Waals surface area (Å²) < 4.78 is 0. The summed E-state index contributed by atoms with van der Waals surface area (Å²) in [5.41, 5.74) is 0.596. The Labute approximate surface area is 84.6 Å². The molecule has 1 aromatic heterocycles. The van der Waals surface area contributed by atoms with Crippen molar-refractivity contribution in [3.63, 3.8) is 0 Å². The molecule has 0 saturated heterocycles. The van der Waals surface area contributed by atoms with Crippen LogP contribution in [0.4, 0.5) is 0 Å². The van der Waals surface area contributed by atoms with Gasteiger partial charge in [0.25, 0.3) is 0 Å². The molecule has 0 amide bonds. The molecular formula is C9H11NO3S. The van der Waals surface area contributed by atoms with Gasteiger partial charge in [0.15, 0.2) is 0 Å². The Hall–Kier alpha value is -1.10. The third-order valence-corrected chi connectivity index (χ3v) is 3.88. The zero-order valence-electron chi connectivity index (χ0n) is 7.79. The van der Waals surface area contributed by atoms with E-state index < -0.39 is 5.97 Å². The number of carboxylic acids is 1. The maximum absolute atomic E-state index is 11.1. The first kappa shape index (κ1) is 9.45. The Morgan fingerprint density at radius 3 is 2.64 bits per heavy atom. The van der Waals surface area contributed by atoms with E-state index in [0.29, 0.717) is 0 Å². The molecular weight excluding hydrogens is 202 g/mol. The lowest BCUT2D eigenvalue weighted by Gasteiger charge is -2.09. The first-order chi connectivity index (χ1) is 6.53. The molecule has 1 fully saturated rings. The standard InChI is InChI=1S/C9H11NO3S/c1-5-7(14-8(13)10-5)9(2-3-9)4-6(11)12/h2-4H2,1H3,(H,10,13)(H,11,12). The Morgan fingerprint density at radius 1 is 1.64 bits per heavy atom. The van der Waals surface area contributed by atoms with E-state index in [4.69, 9.17) is 5.11 Å². The zero-order chi connectivity index (χ0) is 10.3. The maximum Gasteiger partial charge on any atom is 0.304 e. The second kappa shape index (κ2) is 2.95. The fourth-order valence-corrected chi connectivity index (χ4v) is 2.92. The Balaban J connectivity index is 2.34. The highest BCUT2D eigenvalue weighted by atomic mass is 32.1. The number of aromatic nitrogens is 1. The average molecular weight is 213 g/mol. The van der Waals surface area contributed by atoms with E-state index >= 15 is 0 Å². The molecule has 0 aliphatic heterocycles. The lowest BCUT2D eigenvalue weighted by atomic mass is 9.99. The molecule has 5 heteroatoms. The molecule has 76 valence electrons. The van der Waals surface area contributed by atoms with Gasteiger partial charge in [-0.15, -0.1) is 0 Å². The van der Waals surface area contributed by atoms with Gasteiger partial charge in [-0.05, 0) is 19.8 Å². The molecule has 2 N–H and O–H groups in total. The van der Waals surface area contributed by atoms with Crippen molar-refractivity contribution in [2.75, 3.05) is 0 Å². The van der Waals surface area contributed by atoms with Crippen LogP contribution in [0.1, 0.15) is 29.8 Å². The molecule has 1 heterocycles. The predicted octanol–water partition coefficient (Wildman–Crippen LogP) is 1.25. The third-order valence-electron chi connectivity index (χ3n) is 2.65. The summed E-state index contributed by atoms with van der Waals surface area (Å²) in [6, 6.07) is 0. The highest BCUT2D eigenvalue weighted by Crippen LogP contribution is 2.52. The minimum absolute atomic E-state index is 0.0887. The molecule has 0 radical (unpaired) electrons. The minimum Gasteiger partial charge on any atom is -0.481 e. The number of H-pyrrole nitrogens is 1. The number of aryl methyl sites for hydroxylation is 1. The van der Waals surface area contributed by atoms with Crippen molar-refractivity contribution in [1.29, 1.82) is 0 Å². The van der Waals surface area contributed by atoms with Gasteiger partial charge >= 0.3 is 10.8 Å². The molecule has 1 aromatic rings. The Bertz CT molecular complexity index is 428. The number of thiazole rings is 1. The molecule has 0 bridgehead atoms. The van der Waals surface area contributed by atoms with Gasteiger partial charge < -0.3 is 10.1 Å². The first-order valence-corrected chi connectivity index (χ1v) is 5.27. The van der Waals surface area contributed by atoms with Crippen LogP contribution in [0, 0.1) is 6.92 Å². The van der Waals surface area contributed by atoms with Gasteiger partial charge in [0, 0.05) is 16.0 Å². The second-order valence-electron chi connectivity index (χ2n) is 3.82. The lowest BCUT2D eigenvalue weighted by Crippen LogP contribution is -2.12. The number of aromatic amines is 1. The number of carboxylic acid groups (broad SMARTS) is 1. The van der Waals surface area contributed by atoms with Crippen molar-refractivity contribution in [1.82, 2.24) is 4.98 Å². The van der Waals surface area contributed by atoms with Crippen LogP contribution in [0.3, 0.4) is 0 Å². The largest absolute Gasteiger partial charge is 0.481 e. The molecule has 1 saturated carbocycles. The van der Waals surface area contributed by atoms with Gasteiger partial charge in [0.1, 0.15) is 0 Å². The zero-order valence-corrected chi connectivity index (χ0v) is 8.61. The number of hydrogen-bond acceptors (Lipinski definition) is 3. The number of nitrogens with one attached hydrogen (secondary N) is 1. The van der Waals surface area contributed by atoms with E-state index in [1.165, 1.54) is 0 Å². The van der Waals surface area contributed by atoms with Crippen LogP contribution in [-0.2, 0) is 10.2 Å². The van der Waals surface area contributed by atoms with Crippen LogP contribution in [0.15, 0.2) is 4.79 Å². The molecule has 0 spiro atoms. The molecule has 0 atom stereocenters.